The third-order valence-corrected chi connectivity index (χ3v) is 7.09. The van der Waals surface area contributed by atoms with Crippen molar-refractivity contribution in [2.45, 2.75) is 24.3 Å². The van der Waals surface area contributed by atoms with Gasteiger partial charge in [0, 0.05) is 32.2 Å². The lowest BCUT2D eigenvalue weighted by Gasteiger charge is -2.38. The van der Waals surface area contributed by atoms with Crippen molar-refractivity contribution in [3.05, 3.63) is 59.7 Å². The van der Waals surface area contributed by atoms with Crippen molar-refractivity contribution in [3.63, 3.8) is 0 Å². The Kier molecular flexibility index (Phi) is 7.03. The van der Waals surface area contributed by atoms with E-state index in [2.05, 4.69) is 4.74 Å². The van der Waals surface area contributed by atoms with Crippen molar-refractivity contribution >= 4 is 21.9 Å². The van der Waals surface area contributed by atoms with Crippen LogP contribution >= 0.6 is 0 Å². The maximum atomic E-state index is 13.5. The average Bonchev–Trinajstić information content (AvgIpc) is 2.80. The van der Waals surface area contributed by atoms with E-state index in [-0.39, 0.29) is 42.4 Å². The molecule has 0 bridgehead atoms. The van der Waals surface area contributed by atoms with Gasteiger partial charge in [-0.3, -0.25) is 4.79 Å². The molecule has 1 saturated heterocycles. The molecule has 178 valence electrons. The summed E-state index contributed by atoms with van der Waals surface area (Å²) in [7, 11) is -2.68. The molecule has 0 aliphatic carbocycles. The standard InChI is InChI=1S/C22H24F2N2O6S/c1-22(2,32-16-7-8-18(23)19(24)14-16)21(28)25-9-11-26(12-10-25)33(29,30)17-6-4-5-15(13-17)20(27)31-3/h4-8,13-14H,9-12H2,1-3H3. The number of piperazine rings is 1. The van der Waals surface area contributed by atoms with Crippen LogP contribution in [0, 0.1) is 11.6 Å². The van der Waals surface area contributed by atoms with Gasteiger partial charge in [0.1, 0.15) is 5.75 Å². The third kappa shape index (κ3) is 5.31. The first-order valence-electron chi connectivity index (χ1n) is 10.1. The second kappa shape index (κ2) is 9.44. The summed E-state index contributed by atoms with van der Waals surface area (Å²) in [5.74, 6) is -3.19. The summed E-state index contributed by atoms with van der Waals surface area (Å²) in [6.07, 6.45) is 0. The van der Waals surface area contributed by atoms with Crippen LogP contribution in [-0.2, 0) is 19.6 Å². The minimum atomic E-state index is -3.89. The van der Waals surface area contributed by atoms with Gasteiger partial charge < -0.3 is 14.4 Å². The maximum Gasteiger partial charge on any atom is 0.337 e. The number of carbonyl (C=O) groups excluding carboxylic acids is 2. The van der Waals surface area contributed by atoms with Crippen LogP contribution < -0.4 is 4.74 Å². The molecule has 0 radical (unpaired) electrons. The molecule has 1 aliphatic rings. The van der Waals surface area contributed by atoms with Crippen LogP contribution in [0.4, 0.5) is 8.78 Å². The van der Waals surface area contributed by atoms with Crippen LogP contribution in [0.3, 0.4) is 0 Å². The van der Waals surface area contributed by atoms with Gasteiger partial charge in [-0.1, -0.05) is 6.07 Å². The molecule has 0 atom stereocenters. The molecule has 2 aromatic carbocycles. The van der Waals surface area contributed by atoms with Gasteiger partial charge in [-0.15, -0.1) is 0 Å². The van der Waals surface area contributed by atoms with Crippen LogP contribution in [0.25, 0.3) is 0 Å². The Morgan fingerprint density at radius 3 is 2.24 bits per heavy atom. The average molecular weight is 483 g/mol. The number of ether oxygens (including phenoxy) is 2. The highest BCUT2D eigenvalue weighted by Gasteiger charge is 2.38. The Morgan fingerprint density at radius 2 is 1.64 bits per heavy atom. The van der Waals surface area contributed by atoms with Gasteiger partial charge >= 0.3 is 5.97 Å². The molecule has 8 nitrogen and oxygen atoms in total. The summed E-state index contributed by atoms with van der Waals surface area (Å²) in [6.45, 7) is 3.30. The van der Waals surface area contributed by atoms with E-state index >= 15 is 0 Å². The van der Waals surface area contributed by atoms with Crippen molar-refractivity contribution < 1.29 is 36.3 Å². The predicted molar refractivity (Wildman–Crippen MR) is 114 cm³/mol. The molecule has 0 unspecified atom stereocenters. The zero-order valence-electron chi connectivity index (χ0n) is 18.4. The highest BCUT2D eigenvalue weighted by Crippen LogP contribution is 2.24. The van der Waals surface area contributed by atoms with Crippen molar-refractivity contribution in [2.75, 3.05) is 33.3 Å². The lowest BCUT2D eigenvalue weighted by molar-refractivity contribution is -0.146. The van der Waals surface area contributed by atoms with Crippen LogP contribution in [-0.4, -0.2) is 68.4 Å². The first-order valence-corrected chi connectivity index (χ1v) is 11.5. The first-order chi connectivity index (χ1) is 15.5. The maximum absolute atomic E-state index is 13.5. The monoisotopic (exact) mass is 482 g/mol. The summed E-state index contributed by atoms with van der Waals surface area (Å²) in [4.78, 5) is 26.1. The molecular weight excluding hydrogens is 458 g/mol. The van der Waals surface area contributed by atoms with E-state index in [0.29, 0.717) is 0 Å². The first kappa shape index (κ1) is 24.6. The number of nitrogens with zero attached hydrogens (tertiary/aromatic N) is 2. The van der Waals surface area contributed by atoms with E-state index in [1.807, 2.05) is 0 Å². The van der Waals surface area contributed by atoms with Gasteiger partial charge in [0.15, 0.2) is 17.2 Å². The summed E-state index contributed by atoms with van der Waals surface area (Å²) in [5.41, 5.74) is -1.27. The number of sulfonamides is 1. The van der Waals surface area contributed by atoms with Gasteiger partial charge in [0.25, 0.3) is 5.91 Å². The fourth-order valence-corrected chi connectivity index (χ4v) is 4.91. The van der Waals surface area contributed by atoms with Crippen molar-refractivity contribution in [1.82, 2.24) is 9.21 Å². The summed E-state index contributed by atoms with van der Waals surface area (Å²) in [6, 6.07) is 8.53. The number of esters is 1. The van der Waals surface area contributed by atoms with Crippen LogP contribution in [0.2, 0.25) is 0 Å². The zero-order chi connectivity index (χ0) is 24.4. The summed E-state index contributed by atoms with van der Waals surface area (Å²) < 4.78 is 64.1. The Bertz CT molecular complexity index is 1160. The van der Waals surface area contributed by atoms with Crippen molar-refractivity contribution in [1.29, 1.82) is 0 Å². The van der Waals surface area contributed by atoms with E-state index in [0.717, 1.165) is 12.1 Å². The molecule has 0 aromatic heterocycles. The normalized spacial score (nSPS) is 15.2. The highest BCUT2D eigenvalue weighted by atomic mass is 32.2. The van der Waals surface area contributed by atoms with E-state index < -0.39 is 39.1 Å². The number of carbonyl (C=O) groups is 2. The highest BCUT2D eigenvalue weighted by molar-refractivity contribution is 7.89. The molecule has 0 spiro atoms. The van der Waals surface area contributed by atoms with Gasteiger partial charge in [0.2, 0.25) is 10.0 Å². The van der Waals surface area contributed by atoms with Crippen LogP contribution in [0.5, 0.6) is 5.75 Å². The Balaban J connectivity index is 1.67. The smallest absolute Gasteiger partial charge is 0.337 e. The predicted octanol–water partition coefficient (Wildman–Crippen LogP) is 2.44. The Hall–Kier alpha value is -3.05. The number of hydrogen-bond donors (Lipinski definition) is 0. The molecule has 33 heavy (non-hydrogen) atoms. The second-order valence-corrected chi connectivity index (χ2v) is 9.84. The number of halogens is 2. The minimum Gasteiger partial charge on any atom is -0.478 e. The number of rotatable bonds is 6. The molecule has 1 amide bonds. The molecule has 1 aliphatic heterocycles. The molecule has 3 rings (SSSR count). The molecule has 2 aromatic rings. The number of amides is 1. The quantitative estimate of drug-likeness (QED) is 0.588. The van der Waals surface area contributed by atoms with Gasteiger partial charge in [-0.2, -0.15) is 4.31 Å². The van der Waals surface area contributed by atoms with Crippen molar-refractivity contribution in [2.24, 2.45) is 0 Å². The largest absolute Gasteiger partial charge is 0.478 e. The van der Waals surface area contributed by atoms with Crippen molar-refractivity contribution in [3.8, 4) is 5.75 Å². The van der Waals surface area contributed by atoms with Gasteiger partial charge in [0.05, 0.1) is 17.6 Å². The Labute approximate surface area is 190 Å². The molecule has 1 heterocycles. The Morgan fingerprint density at radius 1 is 0.970 bits per heavy atom. The summed E-state index contributed by atoms with van der Waals surface area (Å²) in [5, 5.41) is 0. The fourth-order valence-electron chi connectivity index (χ4n) is 3.44. The molecule has 11 heteroatoms. The topological polar surface area (TPSA) is 93.2 Å². The van der Waals surface area contributed by atoms with Gasteiger partial charge in [-0.25, -0.2) is 22.0 Å². The molecular formula is C22H24F2N2O6S. The van der Waals surface area contributed by atoms with Crippen LogP contribution in [0.1, 0.15) is 24.2 Å². The lowest BCUT2D eigenvalue weighted by Crippen LogP contribution is -2.56. The third-order valence-electron chi connectivity index (χ3n) is 5.20. The lowest BCUT2D eigenvalue weighted by atomic mass is 10.1. The summed E-state index contributed by atoms with van der Waals surface area (Å²) >= 11 is 0. The second-order valence-electron chi connectivity index (χ2n) is 7.90. The van der Waals surface area contributed by atoms with Gasteiger partial charge in [-0.05, 0) is 44.2 Å². The van der Waals surface area contributed by atoms with E-state index in [9.17, 15) is 26.8 Å². The fraction of sp³-hybridized carbons (Fsp3) is 0.364. The molecule has 1 fully saturated rings. The number of benzene rings is 2. The zero-order valence-corrected chi connectivity index (χ0v) is 19.2. The van der Waals surface area contributed by atoms with E-state index in [4.69, 9.17) is 4.74 Å². The SMILES string of the molecule is COC(=O)c1cccc(S(=O)(=O)N2CCN(C(=O)C(C)(C)Oc3ccc(F)c(F)c3)CC2)c1. The number of hydrogen-bond acceptors (Lipinski definition) is 6. The van der Waals surface area contributed by atoms with E-state index in [1.54, 1.807) is 0 Å². The van der Waals surface area contributed by atoms with E-state index in [1.165, 1.54) is 60.5 Å². The molecule has 0 saturated carbocycles. The minimum absolute atomic E-state index is 0.000971. The molecule has 0 N–H and O–H groups in total. The number of methoxy groups -OCH3 is 1. The van der Waals surface area contributed by atoms with Crippen LogP contribution in [0.15, 0.2) is 47.4 Å².